The van der Waals surface area contributed by atoms with E-state index >= 15 is 0 Å². The van der Waals surface area contributed by atoms with Crippen LogP contribution in [0.25, 0.3) is 11.1 Å². The first-order chi connectivity index (χ1) is 14.3. The van der Waals surface area contributed by atoms with Crippen molar-refractivity contribution < 1.29 is 0 Å². The molecule has 0 saturated carbocycles. The van der Waals surface area contributed by atoms with Crippen molar-refractivity contribution in [1.82, 2.24) is 0 Å². The molecule has 0 atom stereocenters. The molecule has 2 aromatic carbocycles. The van der Waals surface area contributed by atoms with E-state index in [2.05, 4.69) is 62.4 Å². The molecule has 0 aromatic heterocycles. The van der Waals surface area contributed by atoms with Crippen LogP contribution in [0.1, 0.15) is 100 Å². The lowest BCUT2D eigenvalue weighted by Gasteiger charge is -2.27. The average molecular weight is 387 g/mol. The van der Waals surface area contributed by atoms with Gasteiger partial charge in [0.15, 0.2) is 0 Å². The number of unbranched alkanes of at least 4 members (excludes halogenated alkanes) is 6. The van der Waals surface area contributed by atoms with Gasteiger partial charge >= 0.3 is 0 Å². The molecule has 0 aliphatic heterocycles. The average Bonchev–Trinajstić information content (AvgIpc) is 3.34. The maximum absolute atomic E-state index is 2.56. The fourth-order valence-corrected chi connectivity index (χ4v) is 5.50. The highest BCUT2D eigenvalue weighted by molar-refractivity contribution is 5.82. The van der Waals surface area contributed by atoms with Gasteiger partial charge in [-0.2, -0.15) is 0 Å². The topological polar surface area (TPSA) is 0 Å². The van der Waals surface area contributed by atoms with Crippen LogP contribution in [0.3, 0.4) is 0 Å². The van der Waals surface area contributed by atoms with E-state index in [1.165, 1.54) is 88.2 Å². The van der Waals surface area contributed by atoms with Gasteiger partial charge in [-0.25, -0.2) is 0 Å². The molecule has 0 heteroatoms. The Balaban J connectivity index is 1.59. The predicted molar refractivity (Wildman–Crippen MR) is 127 cm³/mol. The van der Waals surface area contributed by atoms with Gasteiger partial charge in [0.1, 0.15) is 0 Å². The number of aryl methyl sites for hydroxylation is 2. The second-order valence-corrected chi connectivity index (χ2v) is 9.34. The predicted octanol–water partition coefficient (Wildman–Crippen LogP) is 8.55. The van der Waals surface area contributed by atoms with Crippen molar-refractivity contribution >= 4 is 0 Å². The highest BCUT2D eigenvalue weighted by Gasteiger charge is 2.43. The molecule has 0 unspecified atom stereocenters. The van der Waals surface area contributed by atoms with Gasteiger partial charge in [0, 0.05) is 5.41 Å². The largest absolute Gasteiger partial charge is 0.0873 e. The molecule has 2 aromatic rings. The van der Waals surface area contributed by atoms with Gasteiger partial charge in [-0.05, 0) is 71.9 Å². The highest BCUT2D eigenvalue weighted by Crippen LogP contribution is 2.55. The zero-order valence-electron chi connectivity index (χ0n) is 18.6. The zero-order chi connectivity index (χ0) is 20.1. The summed E-state index contributed by atoms with van der Waals surface area (Å²) >= 11 is 0. The van der Waals surface area contributed by atoms with E-state index in [0.29, 0.717) is 0 Å². The zero-order valence-corrected chi connectivity index (χ0v) is 18.6. The Morgan fingerprint density at radius 2 is 1.10 bits per heavy atom. The van der Waals surface area contributed by atoms with Gasteiger partial charge < -0.3 is 0 Å². The van der Waals surface area contributed by atoms with Crippen molar-refractivity contribution in [2.24, 2.45) is 0 Å². The van der Waals surface area contributed by atoms with Gasteiger partial charge in [0.05, 0.1) is 0 Å². The van der Waals surface area contributed by atoms with Gasteiger partial charge in [-0.1, -0.05) is 101 Å². The first kappa shape index (κ1) is 20.5. The molecule has 2 aliphatic rings. The maximum atomic E-state index is 2.56. The quantitative estimate of drug-likeness (QED) is 0.283. The smallest absolute Gasteiger partial charge is 0.0284 e. The molecule has 0 saturated heterocycles. The first-order valence-corrected chi connectivity index (χ1v) is 12.2. The van der Waals surface area contributed by atoms with Crippen LogP contribution in [-0.4, -0.2) is 0 Å². The third-order valence-corrected chi connectivity index (χ3v) is 7.23. The Labute approximate surface area is 178 Å². The number of allylic oxidation sites excluding steroid dienone is 2. The number of rotatable bonds is 10. The molecule has 0 N–H and O–H groups in total. The molecule has 0 bridgehead atoms. The second-order valence-electron chi connectivity index (χ2n) is 9.34. The Bertz CT molecular complexity index is 783. The summed E-state index contributed by atoms with van der Waals surface area (Å²) in [4.78, 5) is 0. The molecule has 0 nitrogen and oxygen atoms in total. The normalized spacial score (nSPS) is 15.8. The van der Waals surface area contributed by atoms with Crippen molar-refractivity contribution in [3.05, 3.63) is 70.8 Å². The van der Waals surface area contributed by atoms with E-state index in [4.69, 9.17) is 0 Å². The Morgan fingerprint density at radius 3 is 1.55 bits per heavy atom. The van der Waals surface area contributed by atoms with Crippen molar-refractivity contribution in [3.8, 4) is 11.1 Å². The SMILES string of the molecule is CCCCCCc1ccc2c(c1)C1(CC=CC1)c1cc(CCCCCC)ccc1-2. The molecule has 0 amide bonds. The highest BCUT2D eigenvalue weighted by atomic mass is 14.5. The van der Waals surface area contributed by atoms with Gasteiger partial charge in [0.25, 0.3) is 0 Å². The van der Waals surface area contributed by atoms with Crippen LogP contribution in [0.15, 0.2) is 48.6 Å². The van der Waals surface area contributed by atoms with Crippen LogP contribution >= 0.6 is 0 Å². The molecular weight excluding hydrogens is 348 g/mol. The molecule has 1 spiro atoms. The van der Waals surface area contributed by atoms with Crippen LogP contribution in [0, 0.1) is 0 Å². The van der Waals surface area contributed by atoms with Gasteiger partial charge in [0.2, 0.25) is 0 Å². The third kappa shape index (κ3) is 4.09. The van der Waals surface area contributed by atoms with E-state index in [0.717, 1.165) is 0 Å². The van der Waals surface area contributed by atoms with Crippen LogP contribution in [0.2, 0.25) is 0 Å². The van der Waals surface area contributed by atoms with Gasteiger partial charge in [-0.15, -0.1) is 0 Å². The van der Waals surface area contributed by atoms with E-state index in [9.17, 15) is 0 Å². The fourth-order valence-electron chi connectivity index (χ4n) is 5.50. The lowest BCUT2D eigenvalue weighted by Crippen LogP contribution is -2.21. The van der Waals surface area contributed by atoms with Crippen LogP contribution in [0.4, 0.5) is 0 Å². The van der Waals surface area contributed by atoms with E-state index in [1.807, 2.05) is 0 Å². The molecule has 0 heterocycles. The van der Waals surface area contributed by atoms with Crippen molar-refractivity contribution in [1.29, 1.82) is 0 Å². The van der Waals surface area contributed by atoms with Crippen LogP contribution in [-0.2, 0) is 18.3 Å². The maximum Gasteiger partial charge on any atom is 0.0284 e. The monoisotopic (exact) mass is 386 g/mol. The number of benzene rings is 2. The Hall–Kier alpha value is -1.82. The van der Waals surface area contributed by atoms with Crippen molar-refractivity contribution in [2.75, 3.05) is 0 Å². The molecule has 4 rings (SSSR count). The molecular formula is C29H38. The van der Waals surface area contributed by atoms with Gasteiger partial charge in [-0.3, -0.25) is 0 Å². The summed E-state index contributed by atoms with van der Waals surface area (Å²) in [5.41, 5.74) is 9.50. The summed E-state index contributed by atoms with van der Waals surface area (Å²) in [6.45, 7) is 4.59. The Morgan fingerprint density at radius 1 is 0.621 bits per heavy atom. The Kier molecular flexibility index (Phi) is 6.58. The number of fused-ring (bicyclic) bond motifs is 5. The summed E-state index contributed by atoms with van der Waals surface area (Å²) in [7, 11) is 0. The number of hydrogen-bond acceptors (Lipinski definition) is 0. The molecule has 2 aliphatic carbocycles. The fraction of sp³-hybridized carbons (Fsp3) is 0.517. The summed E-state index contributed by atoms with van der Waals surface area (Å²) < 4.78 is 0. The summed E-state index contributed by atoms with van der Waals surface area (Å²) in [5.74, 6) is 0. The molecule has 0 fully saturated rings. The second kappa shape index (κ2) is 9.33. The standard InChI is InChI=1S/C29H38/c1-3-5-7-9-13-23-15-17-25-26-18-16-24(14-10-8-6-4-2)22-28(26)29(27(25)21-23)19-11-12-20-29/h11-12,15-18,21-22H,3-10,13-14,19-20H2,1-2H3. The minimum Gasteiger partial charge on any atom is -0.0873 e. The summed E-state index contributed by atoms with van der Waals surface area (Å²) in [5, 5.41) is 0. The first-order valence-electron chi connectivity index (χ1n) is 12.2. The van der Waals surface area contributed by atoms with Crippen molar-refractivity contribution in [3.63, 3.8) is 0 Å². The summed E-state index contributed by atoms with van der Waals surface area (Å²) in [6, 6.07) is 14.8. The molecule has 154 valence electrons. The van der Waals surface area contributed by atoms with E-state index in [1.54, 1.807) is 22.3 Å². The molecule has 29 heavy (non-hydrogen) atoms. The van der Waals surface area contributed by atoms with Crippen LogP contribution < -0.4 is 0 Å². The lowest BCUT2D eigenvalue weighted by molar-refractivity contribution is 0.570. The lowest BCUT2D eigenvalue weighted by atomic mass is 9.75. The van der Waals surface area contributed by atoms with E-state index < -0.39 is 0 Å². The van der Waals surface area contributed by atoms with Crippen LogP contribution in [0.5, 0.6) is 0 Å². The van der Waals surface area contributed by atoms with Crippen molar-refractivity contribution in [2.45, 2.75) is 96.3 Å². The minimum absolute atomic E-state index is 0.212. The minimum atomic E-state index is 0.212. The van der Waals surface area contributed by atoms with E-state index in [-0.39, 0.29) is 5.41 Å². The molecule has 0 radical (unpaired) electrons. The number of hydrogen-bond donors (Lipinski definition) is 0. The third-order valence-electron chi connectivity index (χ3n) is 7.23. The summed E-state index contributed by atoms with van der Waals surface area (Å²) in [6.07, 6.45) is 20.4.